The van der Waals surface area contributed by atoms with Crippen molar-refractivity contribution in [3.63, 3.8) is 0 Å². The average Bonchev–Trinajstić information content (AvgIpc) is 3.68. The topological polar surface area (TPSA) is 30.7 Å². The first-order chi connectivity index (χ1) is 21.8. The zero-order chi connectivity index (χ0) is 29.0. The van der Waals surface area contributed by atoms with Crippen LogP contribution >= 0.6 is 11.3 Å². The summed E-state index contributed by atoms with van der Waals surface area (Å²) >= 11 is 1.83. The van der Waals surface area contributed by atoms with Gasteiger partial charge in [0.1, 0.15) is 5.82 Å². The Morgan fingerprint density at radius 3 is 2.02 bits per heavy atom. The van der Waals surface area contributed by atoms with E-state index in [0.717, 1.165) is 56.0 Å². The summed E-state index contributed by atoms with van der Waals surface area (Å²) in [5.74, 6) is 0.941. The smallest absolute Gasteiger partial charge is 0.145 e. The fraction of sp³-hybridized carbons (Fsp3) is 0. The summed E-state index contributed by atoms with van der Waals surface area (Å²) in [4.78, 5) is 10.2. The van der Waals surface area contributed by atoms with Crippen LogP contribution < -0.4 is 0 Å². The Labute approximate surface area is 258 Å². The SMILES string of the molecule is c1ccc(-c2nc3ccccc3n2-c2ccc(-c3cccc(-c4nc5ccccc5c5c4sc4ccccc45)c3)cc2)cc1. The molecule has 206 valence electrons. The summed E-state index contributed by atoms with van der Waals surface area (Å²) in [5, 5.41) is 3.79. The Hall–Kier alpha value is -5.58. The molecule has 3 nitrogen and oxygen atoms in total. The molecule has 0 bridgehead atoms. The second-order valence-electron chi connectivity index (χ2n) is 11.0. The van der Waals surface area contributed by atoms with Gasteiger partial charge in [-0.1, -0.05) is 109 Å². The fourth-order valence-electron chi connectivity index (χ4n) is 6.35. The zero-order valence-electron chi connectivity index (χ0n) is 23.7. The minimum Gasteiger partial charge on any atom is -0.292 e. The van der Waals surface area contributed by atoms with E-state index in [0.29, 0.717) is 0 Å². The molecule has 0 aliphatic carbocycles. The van der Waals surface area contributed by atoms with Crippen LogP contribution in [0.25, 0.3) is 81.6 Å². The predicted molar refractivity (Wildman–Crippen MR) is 186 cm³/mol. The Morgan fingerprint density at radius 1 is 0.477 bits per heavy atom. The number of benzene rings is 6. The molecule has 0 atom stereocenters. The van der Waals surface area contributed by atoms with E-state index in [2.05, 4.69) is 144 Å². The number of hydrogen-bond donors (Lipinski definition) is 0. The highest BCUT2D eigenvalue weighted by atomic mass is 32.1. The molecule has 4 heteroatoms. The van der Waals surface area contributed by atoms with Gasteiger partial charge in [0.15, 0.2) is 0 Å². The molecule has 9 rings (SSSR count). The first-order valence-corrected chi connectivity index (χ1v) is 15.6. The van der Waals surface area contributed by atoms with Crippen LogP contribution in [0.4, 0.5) is 0 Å². The molecule has 44 heavy (non-hydrogen) atoms. The maximum Gasteiger partial charge on any atom is 0.145 e. The van der Waals surface area contributed by atoms with Crippen molar-refractivity contribution in [1.29, 1.82) is 0 Å². The van der Waals surface area contributed by atoms with Crippen LogP contribution in [0.3, 0.4) is 0 Å². The van der Waals surface area contributed by atoms with Crippen molar-refractivity contribution in [2.45, 2.75) is 0 Å². The molecule has 3 aromatic heterocycles. The Balaban J connectivity index is 1.17. The van der Waals surface area contributed by atoms with Gasteiger partial charge >= 0.3 is 0 Å². The highest BCUT2D eigenvalue weighted by molar-refractivity contribution is 7.26. The number of aromatic nitrogens is 3. The number of pyridine rings is 1. The summed E-state index contributed by atoms with van der Waals surface area (Å²) in [7, 11) is 0. The molecule has 0 aliphatic heterocycles. The third-order valence-corrected chi connectivity index (χ3v) is 9.58. The van der Waals surface area contributed by atoms with Gasteiger partial charge in [-0.15, -0.1) is 11.3 Å². The number of hydrogen-bond acceptors (Lipinski definition) is 3. The molecule has 9 aromatic rings. The van der Waals surface area contributed by atoms with Gasteiger partial charge in [0.05, 0.1) is 26.9 Å². The van der Waals surface area contributed by atoms with Crippen molar-refractivity contribution in [1.82, 2.24) is 14.5 Å². The molecular formula is C40H25N3S. The lowest BCUT2D eigenvalue weighted by Crippen LogP contribution is -1.97. The van der Waals surface area contributed by atoms with E-state index in [1.54, 1.807) is 0 Å². The molecule has 0 N–H and O–H groups in total. The second-order valence-corrected chi connectivity index (χ2v) is 12.1. The lowest BCUT2D eigenvalue weighted by Gasteiger charge is -2.12. The molecule has 0 spiro atoms. The quantitative estimate of drug-likeness (QED) is 0.208. The van der Waals surface area contributed by atoms with E-state index in [-0.39, 0.29) is 0 Å². The van der Waals surface area contributed by atoms with E-state index in [9.17, 15) is 0 Å². The van der Waals surface area contributed by atoms with Gasteiger partial charge < -0.3 is 0 Å². The van der Waals surface area contributed by atoms with Crippen LogP contribution in [0.1, 0.15) is 0 Å². The molecule has 3 heterocycles. The maximum absolute atomic E-state index is 5.22. The monoisotopic (exact) mass is 579 g/mol. The van der Waals surface area contributed by atoms with Crippen molar-refractivity contribution in [2.75, 3.05) is 0 Å². The van der Waals surface area contributed by atoms with Gasteiger partial charge in [0, 0.05) is 37.7 Å². The summed E-state index contributed by atoms with van der Waals surface area (Å²) in [6, 6.07) is 53.5. The summed E-state index contributed by atoms with van der Waals surface area (Å²) in [6.07, 6.45) is 0. The predicted octanol–water partition coefficient (Wildman–Crippen LogP) is 10.9. The summed E-state index contributed by atoms with van der Waals surface area (Å²) in [6.45, 7) is 0. The molecule has 6 aromatic carbocycles. The van der Waals surface area contributed by atoms with Crippen LogP contribution in [-0.2, 0) is 0 Å². The molecule has 0 radical (unpaired) electrons. The highest BCUT2D eigenvalue weighted by Gasteiger charge is 2.17. The van der Waals surface area contributed by atoms with E-state index >= 15 is 0 Å². The Bertz CT molecular complexity index is 2490. The standard InChI is InChI=1S/C40H25N3S/c1-2-11-27(12-3-1)40-42-34-18-7-8-19-35(34)43(40)30-23-21-26(22-24-30)28-13-10-14-29(25-28)38-39-37(31-15-4-6-17-33(31)41-38)32-16-5-9-20-36(32)44-39/h1-25H. The third kappa shape index (κ3) is 3.96. The van der Waals surface area contributed by atoms with E-state index in [1.165, 1.54) is 25.6 Å². The van der Waals surface area contributed by atoms with Crippen LogP contribution in [0.5, 0.6) is 0 Å². The number of nitrogens with zero attached hydrogens (tertiary/aromatic N) is 3. The maximum atomic E-state index is 5.22. The molecular weight excluding hydrogens is 555 g/mol. The minimum atomic E-state index is 0.941. The number of thiophene rings is 1. The van der Waals surface area contributed by atoms with Crippen molar-refractivity contribution >= 4 is 53.4 Å². The molecule has 0 saturated heterocycles. The van der Waals surface area contributed by atoms with Gasteiger partial charge in [-0.25, -0.2) is 9.97 Å². The Kier molecular flexibility index (Phi) is 5.68. The van der Waals surface area contributed by atoms with E-state index in [4.69, 9.17) is 9.97 Å². The number of imidazole rings is 1. The average molecular weight is 580 g/mol. The number of rotatable bonds is 4. The van der Waals surface area contributed by atoms with E-state index in [1.807, 2.05) is 23.5 Å². The van der Waals surface area contributed by atoms with Crippen LogP contribution in [-0.4, -0.2) is 14.5 Å². The van der Waals surface area contributed by atoms with Crippen molar-refractivity contribution < 1.29 is 0 Å². The number of para-hydroxylation sites is 3. The van der Waals surface area contributed by atoms with Crippen molar-refractivity contribution in [2.24, 2.45) is 0 Å². The molecule has 0 aliphatic rings. The minimum absolute atomic E-state index is 0.941. The highest BCUT2D eigenvalue weighted by Crippen LogP contribution is 2.43. The molecule has 0 amide bonds. The van der Waals surface area contributed by atoms with Gasteiger partial charge in [-0.2, -0.15) is 0 Å². The van der Waals surface area contributed by atoms with Gasteiger partial charge in [-0.3, -0.25) is 4.57 Å². The van der Waals surface area contributed by atoms with Gasteiger partial charge in [-0.05, 0) is 53.6 Å². The van der Waals surface area contributed by atoms with Crippen molar-refractivity contribution in [3.8, 4) is 39.5 Å². The normalized spacial score (nSPS) is 11.6. The van der Waals surface area contributed by atoms with Crippen LogP contribution in [0, 0.1) is 0 Å². The van der Waals surface area contributed by atoms with Crippen LogP contribution in [0.15, 0.2) is 152 Å². The van der Waals surface area contributed by atoms with Gasteiger partial charge in [0.25, 0.3) is 0 Å². The lowest BCUT2D eigenvalue weighted by atomic mass is 9.99. The second kappa shape index (κ2) is 10.0. The largest absolute Gasteiger partial charge is 0.292 e. The Morgan fingerprint density at radius 2 is 1.16 bits per heavy atom. The molecule has 0 unspecified atom stereocenters. The van der Waals surface area contributed by atoms with Crippen LogP contribution in [0.2, 0.25) is 0 Å². The van der Waals surface area contributed by atoms with Crippen molar-refractivity contribution in [3.05, 3.63) is 152 Å². The fourth-order valence-corrected chi connectivity index (χ4v) is 7.57. The molecule has 0 saturated carbocycles. The van der Waals surface area contributed by atoms with Gasteiger partial charge in [0.2, 0.25) is 0 Å². The zero-order valence-corrected chi connectivity index (χ0v) is 24.5. The lowest BCUT2D eigenvalue weighted by molar-refractivity contribution is 1.10. The third-order valence-electron chi connectivity index (χ3n) is 8.40. The number of fused-ring (bicyclic) bond motifs is 6. The molecule has 0 fully saturated rings. The summed E-state index contributed by atoms with van der Waals surface area (Å²) in [5.41, 5.74) is 9.77. The first-order valence-electron chi connectivity index (χ1n) is 14.8. The summed E-state index contributed by atoms with van der Waals surface area (Å²) < 4.78 is 4.77. The van der Waals surface area contributed by atoms with E-state index < -0.39 is 0 Å². The first kappa shape index (κ1) is 25.0.